The van der Waals surface area contributed by atoms with E-state index in [0.29, 0.717) is 11.6 Å². The number of nitrogens with two attached hydrogens (primary N) is 1. The van der Waals surface area contributed by atoms with E-state index in [1.807, 2.05) is 49.6 Å². The fourth-order valence-electron chi connectivity index (χ4n) is 1.84. The van der Waals surface area contributed by atoms with E-state index in [4.69, 9.17) is 5.84 Å². The molecule has 0 amide bonds. The van der Waals surface area contributed by atoms with Crippen LogP contribution in [-0.2, 0) is 7.05 Å². The number of rotatable bonds is 4. The van der Waals surface area contributed by atoms with Crippen molar-refractivity contribution in [2.24, 2.45) is 12.9 Å². The van der Waals surface area contributed by atoms with Gasteiger partial charge in [-0.25, -0.2) is 15.8 Å². The van der Waals surface area contributed by atoms with Crippen molar-refractivity contribution in [3.05, 3.63) is 48.8 Å². The van der Waals surface area contributed by atoms with Gasteiger partial charge in [0.25, 0.3) is 0 Å². The summed E-state index contributed by atoms with van der Waals surface area (Å²) in [5.74, 6) is 6.71. The lowest BCUT2D eigenvalue weighted by atomic mass is 10.2. The molecule has 0 radical (unpaired) electrons. The van der Waals surface area contributed by atoms with Crippen LogP contribution in [0, 0.1) is 0 Å². The van der Waals surface area contributed by atoms with Gasteiger partial charge < -0.3 is 5.43 Å². The van der Waals surface area contributed by atoms with Gasteiger partial charge in [0.1, 0.15) is 10.8 Å². The molecule has 6 nitrogen and oxygen atoms in total. The highest BCUT2D eigenvalue weighted by Gasteiger charge is 2.08. The second-order valence-electron chi connectivity index (χ2n) is 4.38. The Balaban J connectivity index is 1.97. The molecule has 0 aliphatic heterocycles. The Morgan fingerprint density at radius 2 is 2.00 bits per heavy atom. The molecule has 2 aromatic heterocycles. The zero-order valence-corrected chi connectivity index (χ0v) is 12.2. The van der Waals surface area contributed by atoms with Crippen molar-refractivity contribution in [3.8, 4) is 11.4 Å². The third kappa shape index (κ3) is 3.21. The average Bonchev–Trinajstić information content (AvgIpc) is 2.93. The van der Waals surface area contributed by atoms with Crippen molar-refractivity contribution in [3.63, 3.8) is 0 Å². The van der Waals surface area contributed by atoms with E-state index in [9.17, 15) is 0 Å². The quantitative estimate of drug-likeness (QED) is 0.437. The highest BCUT2D eigenvalue weighted by molar-refractivity contribution is 7.99. The molecule has 0 atom stereocenters. The molecular formula is C14H14N6S. The normalized spacial score (nSPS) is 10.6. The number of hydrazine groups is 1. The maximum atomic E-state index is 5.50. The summed E-state index contributed by atoms with van der Waals surface area (Å²) in [5.41, 5.74) is 3.53. The van der Waals surface area contributed by atoms with Gasteiger partial charge in [-0.2, -0.15) is 5.10 Å². The molecule has 21 heavy (non-hydrogen) atoms. The summed E-state index contributed by atoms with van der Waals surface area (Å²) in [6.07, 6.45) is 3.73. The average molecular weight is 298 g/mol. The zero-order valence-electron chi connectivity index (χ0n) is 11.4. The van der Waals surface area contributed by atoms with E-state index in [1.165, 1.54) is 11.8 Å². The Kier molecular flexibility index (Phi) is 3.85. The van der Waals surface area contributed by atoms with Crippen molar-refractivity contribution in [2.75, 3.05) is 5.43 Å². The van der Waals surface area contributed by atoms with Crippen LogP contribution in [0.4, 0.5) is 5.82 Å². The molecule has 0 bridgehead atoms. The molecule has 3 rings (SSSR count). The standard InChI is InChI=1S/C14H14N6S/c1-20-9-11(8-16-20)21-13-7-12(19-15)17-14(18-13)10-5-3-2-4-6-10/h2-9H,15H2,1H3,(H,17,18,19). The van der Waals surface area contributed by atoms with Gasteiger partial charge in [-0.3, -0.25) is 4.68 Å². The third-order valence-corrected chi connectivity index (χ3v) is 3.65. The van der Waals surface area contributed by atoms with Crippen LogP contribution in [-0.4, -0.2) is 19.7 Å². The topological polar surface area (TPSA) is 81.7 Å². The number of nitrogens with zero attached hydrogens (tertiary/aromatic N) is 4. The molecule has 0 unspecified atom stereocenters. The Bertz CT molecular complexity index is 740. The van der Waals surface area contributed by atoms with Crippen LogP contribution in [0.1, 0.15) is 0 Å². The lowest BCUT2D eigenvalue weighted by Crippen LogP contribution is -2.09. The summed E-state index contributed by atoms with van der Waals surface area (Å²) in [6.45, 7) is 0. The minimum Gasteiger partial charge on any atom is -0.308 e. The van der Waals surface area contributed by atoms with Crippen molar-refractivity contribution in [1.82, 2.24) is 19.7 Å². The van der Waals surface area contributed by atoms with Gasteiger partial charge in [-0.1, -0.05) is 42.1 Å². The maximum Gasteiger partial charge on any atom is 0.162 e. The maximum absolute atomic E-state index is 5.50. The number of aromatic nitrogens is 4. The first-order valence-corrected chi connectivity index (χ1v) is 7.14. The van der Waals surface area contributed by atoms with E-state index in [0.717, 1.165) is 15.5 Å². The molecular weight excluding hydrogens is 284 g/mol. The molecule has 0 saturated carbocycles. The van der Waals surface area contributed by atoms with Crippen LogP contribution in [0.15, 0.2) is 58.7 Å². The Morgan fingerprint density at radius 1 is 1.19 bits per heavy atom. The van der Waals surface area contributed by atoms with Crippen molar-refractivity contribution in [1.29, 1.82) is 0 Å². The first kappa shape index (κ1) is 13.6. The minimum absolute atomic E-state index is 0.579. The number of nitrogens with one attached hydrogen (secondary N) is 1. The molecule has 3 aromatic rings. The van der Waals surface area contributed by atoms with Crippen molar-refractivity contribution >= 4 is 17.6 Å². The number of nitrogen functional groups attached to an aromatic ring is 1. The molecule has 7 heteroatoms. The third-order valence-electron chi connectivity index (χ3n) is 2.79. The predicted molar refractivity (Wildman–Crippen MR) is 82.6 cm³/mol. The van der Waals surface area contributed by atoms with Gasteiger partial charge in [0.2, 0.25) is 0 Å². The van der Waals surface area contributed by atoms with Crippen LogP contribution >= 0.6 is 11.8 Å². The van der Waals surface area contributed by atoms with Crippen molar-refractivity contribution < 1.29 is 0 Å². The summed E-state index contributed by atoms with van der Waals surface area (Å²) in [5, 5.41) is 4.96. The van der Waals surface area contributed by atoms with Gasteiger partial charge in [0, 0.05) is 24.9 Å². The molecule has 3 N–H and O–H groups in total. The van der Waals surface area contributed by atoms with Crippen molar-refractivity contribution in [2.45, 2.75) is 9.92 Å². The van der Waals surface area contributed by atoms with E-state index in [1.54, 1.807) is 10.9 Å². The van der Waals surface area contributed by atoms with Gasteiger partial charge in [0.05, 0.1) is 11.1 Å². The molecule has 106 valence electrons. The van der Waals surface area contributed by atoms with E-state index >= 15 is 0 Å². The number of anilines is 1. The minimum atomic E-state index is 0.579. The van der Waals surface area contributed by atoms with E-state index in [-0.39, 0.29) is 0 Å². The summed E-state index contributed by atoms with van der Waals surface area (Å²) in [6, 6.07) is 11.6. The summed E-state index contributed by atoms with van der Waals surface area (Å²) in [7, 11) is 1.88. The summed E-state index contributed by atoms with van der Waals surface area (Å²) in [4.78, 5) is 9.98. The van der Waals surface area contributed by atoms with Gasteiger partial charge >= 0.3 is 0 Å². The van der Waals surface area contributed by atoms with E-state index < -0.39 is 0 Å². The molecule has 2 heterocycles. The predicted octanol–water partition coefficient (Wildman–Crippen LogP) is 2.31. The first-order valence-electron chi connectivity index (χ1n) is 6.32. The Hall–Kier alpha value is -2.38. The molecule has 1 aromatic carbocycles. The zero-order chi connectivity index (χ0) is 14.7. The lowest BCUT2D eigenvalue weighted by molar-refractivity contribution is 0.766. The molecule has 0 aliphatic carbocycles. The number of aryl methyl sites for hydroxylation is 1. The second kappa shape index (κ2) is 5.94. The number of hydrogen-bond acceptors (Lipinski definition) is 6. The van der Waals surface area contributed by atoms with Gasteiger partial charge in [0.15, 0.2) is 5.82 Å². The van der Waals surface area contributed by atoms with Crippen LogP contribution < -0.4 is 11.3 Å². The highest BCUT2D eigenvalue weighted by atomic mass is 32.2. The number of benzene rings is 1. The van der Waals surface area contributed by atoms with Crippen LogP contribution in [0.3, 0.4) is 0 Å². The molecule has 0 fully saturated rings. The highest BCUT2D eigenvalue weighted by Crippen LogP contribution is 2.28. The lowest BCUT2D eigenvalue weighted by Gasteiger charge is -2.06. The fourth-order valence-corrected chi connectivity index (χ4v) is 2.69. The Labute approximate surface area is 126 Å². The van der Waals surface area contributed by atoms with Gasteiger partial charge in [-0.05, 0) is 0 Å². The molecule has 0 spiro atoms. The SMILES string of the molecule is Cn1cc(Sc2cc(NN)nc(-c3ccccc3)n2)cn1. The Morgan fingerprint density at radius 3 is 2.67 bits per heavy atom. The van der Waals surface area contributed by atoms with Gasteiger partial charge in [-0.15, -0.1) is 0 Å². The van der Waals surface area contributed by atoms with Crippen LogP contribution in [0.25, 0.3) is 11.4 Å². The molecule has 0 aliphatic rings. The fraction of sp³-hybridized carbons (Fsp3) is 0.0714. The smallest absolute Gasteiger partial charge is 0.162 e. The summed E-state index contributed by atoms with van der Waals surface area (Å²) >= 11 is 1.52. The summed E-state index contributed by atoms with van der Waals surface area (Å²) < 4.78 is 1.75. The first-order chi connectivity index (χ1) is 10.2. The van der Waals surface area contributed by atoms with Crippen LogP contribution in [0.5, 0.6) is 0 Å². The van der Waals surface area contributed by atoms with Crippen LogP contribution in [0.2, 0.25) is 0 Å². The largest absolute Gasteiger partial charge is 0.308 e. The monoisotopic (exact) mass is 298 g/mol. The number of hydrogen-bond donors (Lipinski definition) is 2. The second-order valence-corrected chi connectivity index (χ2v) is 5.47. The van der Waals surface area contributed by atoms with E-state index in [2.05, 4.69) is 20.5 Å². The molecule has 0 saturated heterocycles.